The second-order valence-electron chi connectivity index (χ2n) is 4.02. The molecule has 0 radical (unpaired) electrons. The third-order valence-electron chi connectivity index (χ3n) is 1.76. The Morgan fingerprint density at radius 1 is 1.50 bits per heavy atom. The fourth-order valence-corrected chi connectivity index (χ4v) is 2.49. The summed E-state index contributed by atoms with van der Waals surface area (Å²) in [5, 5.41) is 9.05. The second-order valence-corrected chi connectivity index (χ2v) is 5.54. The summed E-state index contributed by atoms with van der Waals surface area (Å²) in [5.74, 6) is 0. The number of hydrogen-bond acceptors (Lipinski definition) is 2. The molecule has 0 aromatic carbocycles. The quantitative estimate of drug-likeness (QED) is 0.542. The van der Waals surface area contributed by atoms with Crippen molar-refractivity contribution in [3.8, 4) is 6.07 Å². The van der Waals surface area contributed by atoms with Gasteiger partial charge >= 0.3 is 0 Å². The predicted molar refractivity (Wildman–Crippen MR) is 65.4 cm³/mol. The molecule has 0 fully saturated rings. The van der Waals surface area contributed by atoms with Crippen molar-refractivity contribution in [2.75, 3.05) is 0 Å². The third-order valence-corrected chi connectivity index (χ3v) is 2.87. The molecule has 74 valence electrons. The first-order valence-corrected chi connectivity index (χ1v) is 5.58. The Balaban J connectivity index is 3.38. The highest BCUT2D eigenvalue weighted by atomic mass is 127. The molecule has 0 atom stereocenters. The van der Waals surface area contributed by atoms with Crippen molar-refractivity contribution in [1.82, 2.24) is 4.98 Å². The normalized spacial score (nSPS) is 11.1. The van der Waals surface area contributed by atoms with E-state index < -0.39 is 0 Å². The van der Waals surface area contributed by atoms with Crippen LogP contribution in [0.3, 0.4) is 0 Å². The van der Waals surface area contributed by atoms with Gasteiger partial charge in [0.25, 0.3) is 0 Å². The van der Waals surface area contributed by atoms with Crippen LogP contribution in [-0.4, -0.2) is 4.98 Å². The average Bonchev–Trinajstić information content (AvgIpc) is 2.06. The molecule has 0 spiro atoms. The Hall–Kier alpha value is -0.340. The van der Waals surface area contributed by atoms with Crippen molar-refractivity contribution in [2.45, 2.75) is 26.2 Å². The lowest BCUT2D eigenvalue weighted by Crippen LogP contribution is -2.16. The molecule has 0 aliphatic carbocycles. The molecular formula is C10H10ClIN2. The van der Waals surface area contributed by atoms with E-state index in [1.165, 1.54) is 0 Å². The van der Waals surface area contributed by atoms with Gasteiger partial charge < -0.3 is 0 Å². The van der Waals surface area contributed by atoms with Crippen LogP contribution in [0.15, 0.2) is 6.07 Å². The number of aromatic nitrogens is 1. The molecule has 0 aliphatic rings. The lowest BCUT2D eigenvalue weighted by Gasteiger charge is -2.19. The van der Waals surface area contributed by atoms with Gasteiger partial charge in [0.15, 0.2) is 0 Å². The van der Waals surface area contributed by atoms with Crippen LogP contribution in [0.25, 0.3) is 0 Å². The van der Waals surface area contributed by atoms with Gasteiger partial charge in [0.05, 0.1) is 11.3 Å². The Morgan fingerprint density at radius 3 is 2.50 bits per heavy atom. The molecule has 0 N–H and O–H groups in total. The van der Waals surface area contributed by atoms with Crippen LogP contribution in [0.2, 0.25) is 5.15 Å². The van der Waals surface area contributed by atoms with Gasteiger partial charge in [-0.25, -0.2) is 4.98 Å². The standard InChI is InChI=1S/C10H10ClIN2/c1-10(2,3)8-7(12)4-6(5-13)9(11)14-8/h4H,1-3H3. The van der Waals surface area contributed by atoms with Crippen LogP contribution in [-0.2, 0) is 5.41 Å². The van der Waals surface area contributed by atoms with Gasteiger partial charge in [-0.2, -0.15) is 5.26 Å². The number of halogens is 2. The average molecular weight is 321 g/mol. The molecule has 0 unspecified atom stereocenters. The molecular weight excluding hydrogens is 310 g/mol. The topological polar surface area (TPSA) is 36.7 Å². The molecule has 1 aromatic heterocycles. The summed E-state index contributed by atoms with van der Waals surface area (Å²) in [4.78, 5) is 4.25. The van der Waals surface area contributed by atoms with Crippen LogP contribution in [0.1, 0.15) is 32.0 Å². The van der Waals surface area contributed by atoms with Crippen LogP contribution in [0.4, 0.5) is 0 Å². The van der Waals surface area contributed by atoms with Crippen LogP contribution in [0.5, 0.6) is 0 Å². The van der Waals surface area contributed by atoms with Crippen molar-refractivity contribution in [1.29, 1.82) is 5.26 Å². The third kappa shape index (κ3) is 2.37. The minimum absolute atomic E-state index is 0.0475. The first-order valence-electron chi connectivity index (χ1n) is 4.13. The summed E-state index contributed by atoms with van der Waals surface area (Å²) in [6, 6.07) is 3.79. The van der Waals surface area contributed by atoms with Gasteiger partial charge in [-0.05, 0) is 28.7 Å². The molecule has 0 amide bonds. The van der Waals surface area contributed by atoms with Crippen molar-refractivity contribution in [3.63, 3.8) is 0 Å². The highest BCUT2D eigenvalue weighted by Crippen LogP contribution is 2.28. The summed E-state index contributed by atoms with van der Waals surface area (Å²) in [6.07, 6.45) is 0. The van der Waals surface area contributed by atoms with Gasteiger partial charge in [-0.1, -0.05) is 32.4 Å². The summed E-state index contributed by atoms with van der Waals surface area (Å²) in [6.45, 7) is 6.21. The molecule has 0 aliphatic heterocycles. The van der Waals surface area contributed by atoms with E-state index in [9.17, 15) is 0 Å². The van der Waals surface area contributed by atoms with Crippen LogP contribution in [0, 0.1) is 14.9 Å². The molecule has 1 aromatic rings. The molecule has 1 rings (SSSR count). The second kappa shape index (κ2) is 4.03. The van der Waals surface area contributed by atoms with Crippen LogP contribution >= 0.6 is 34.2 Å². The monoisotopic (exact) mass is 320 g/mol. The largest absolute Gasteiger partial charge is 0.238 e. The van der Waals surface area contributed by atoms with E-state index in [4.69, 9.17) is 16.9 Å². The number of pyridine rings is 1. The van der Waals surface area contributed by atoms with Gasteiger partial charge in [-0.15, -0.1) is 0 Å². The zero-order chi connectivity index (χ0) is 10.9. The maximum absolute atomic E-state index is 8.76. The van der Waals surface area contributed by atoms with Crippen molar-refractivity contribution < 1.29 is 0 Å². The number of rotatable bonds is 0. The first-order chi connectivity index (χ1) is 6.36. The van der Waals surface area contributed by atoms with Gasteiger partial charge in [0, 0.05) is 8.99 Å². The first kappa shape index (κ1) is 11.7. The Bertz CT molecular complexity index is 402. The van der Waals surface area contributed by atoms with Gasteiger partial charge in [0.1, 0.15) is 11.2 Å². The lowest BCUT2D eigenvalue weighted by molar-refractivity contribution is 0.565. The minimum Gasteiger partial charge on any atom is -0.238 e. The lowest BCUT2D eigenvalue weighted by atomic mass is 9.91. The number of nitrogens with zero attached hydrogens (tertiary/aromatic N) is 2. The highest BCUT2D eigenvalue weighted by molar-refractivity contribution is 14.1. The summed E-state index contributed by atoms with van der Waals surface area (Å²) in [7, 11) is 0. The molecule has 14 heavy (non-hydrogen) atoms. The van der Waals surface area contributed by atoms with E-state index in [2.05, 4.69) is 48.3 Å². The fourth-order valence-electron chi connectivity index (χ4n) is 1.07. The Kier molecular flexibility index (Phi) is 3.38. The fraction of sp³-hybridized carbons (Fsp3) is 0.400. The Morgan fingerprint density at radius 2 is 2.07 bits per heavy atom. The summed E-state index contributed by atoms with van der Waals surface area (Å²) >= 11 is 8.05. The van der Waals surface area contributed by atoms with Crippen molar-refractivity contribution in [3.05, 3.63) is 26.0 Å². The number of nitriles is 1. The summed E-state index contributed by atoms with van der Waals surface area (Å²) in [5.41, 5.74) is 1.32. The molecule has 1 heterocycles. The molecule has 2 nitrogen and oxygen atoms in total. The Labute approximate surface area is 102 Å². The molecule has 0 saturated carbocycles. The predicted octanol–water partition coefficient (Wildman–Crippen LogP) is 3.51. The molecule has 4 heteroatoms. The van der Waals surface area contributed by atoms with Gasteiger partial charge in [-0.3, -0.25) is 0 Å². The SMILES string of the molecule is CC(C)(C)c1nc(Cl)c(C#N)cc1I. The van der Waals surface area contributed by atoms with Crippen LogP contribution < -0.4 is 0 Å². The van der Waals surface area contributed by atoms with Gasteiger partial charge in [0.2, 0.25) is 0 Å². The molecule has 0 saturated heterocycles. The minimum atomic E-state index is -0.0475. The van der Waals surface area contributed by atoms with E-state index in [-0.39, 0.29) is 10.6 Å². The maximum Gasteiger partial charge on any atom is 0.147 e. The zero-order valence-electron chi connectivity index (χ0n) is 8.23. The molecule has 0 bridgehead atoms. The maximum atomic E-state index is 8.76. The van der Waals surface area contributed by atoms with E-state index in [0.717, 1.165) is 9.26 Å². The van der Waals surface area contributed by atoms with E-state index in [1.807, 2.05) is 6.07 Å². The van der Waals surface area contributed by atoms with Crippen molar-refractivity contribution in [2.24, 2.45) is 0 Å². The summed E-state index contributed by atoms with van der Waals surface area (Å²) < 4.78 is 0.982. The van der Waals surface area contributed by atoms with Crippen molar-refractivity contribution >= 4 is 34.2 Å². The number of hydrogen-bond donors (Lipinski definition) is 0. The highest BCUT2D eigenvalue weighted by Gasteiger charge is 2.20. The zero-order valence-corrected chi connectivity index (χ0v) is 11.1. The van der Waals surface area contributed by atoms with E-state index in [0.29, 0.717) is 5.56 Å². The van der Waals surface area contributed by atoms with E-state index in [1.54, 1.807) is 6.07 Å². The smallest absolute Gasteiger partial charge is 0.147 e. The van der Waals surface area contributed by atoms with E-state index >= 15 is 0 Å².